The maximum atomic E-state index is 8.91. The molecule has 0 aliphatic rings. The fourth-order valence-electron chi connectivity index (χ4n) is 1.54. The van der Waals surface area contributed by atoms with E-state index < -0.39 is 0 Å². The van der Waals surface area contributed by atoms with E-state index in [9.17, 15) is 0 Å². The van der Waals surface area contributed by atoms with Gasteiger partial charge < -0.3 is 10.4 Å². The van der Waals surface area contributed by atoms with E-state index in [4.69, 9.17) is 16.7 Å². The molecule has 1 aromatic heterocycles. The molecule has 0 amide bonds. The van der Waals surface area contributed by atoms with E-state index in [1.54, 1.807) is 0 Å². The van der Waals surface area contributed by atoms with Gasteiger partial charge in [0.05, 0.1) is 16.4 Å². The van der Waals surface area contributed by atoms with Gasteiger partial charge in [0, 0.05) is 26.2 Å². The van der Waals surface area contributed by atoms with Crippen LogP contribution in [0.3, 0.4) is 0 Å². The fourth-order valence-corrected chi connectivity index (χ4v) is 1.74. The fraction of sp³-hybridized carbons (Fsp3) is 0.727. The van der Waals surface area contributed by atoms with Crippen molar-refractivity contribution in [3.63, 3.8) is 0 Å². The second-order valence-corrected chi connectivity index (χ2v) is 4.46. The molecule has 1 unspecified atom stereocenters. The molecule has 0 aliphatic carbocycles. The number of hydrogen-bond donors (Lipinski definition) is 2. The third-order valence-electron chi connectivity index (χ3n) is 2.55. The summed E-state index contributed by atoms with van der Waals surface area (Å²) in [5.74, 6) is 0.262. The molecule has 0 saturated heterocycles. The standard InChI is InChI=1S/C11H20ClN3O/c1-4-15-10(11(12)9(3)14-15)6-13-5-8(2)7-16/h8,13,16H,4-7H2,1-3H3. The van der Waals surface area contributed by atoms with Gasteiger partial charge in [-0.05, 0) is 19.8 Å². The quantitative estimate of drug-likeness (QED) is 0.800. The summed E-state index contributed by atoms with van der Waals surface area (Å²) in [4.78, 5) is 0. The Hall–Kier alpha value is -0.580. The summed E-state index contributed by atoms with van der Waals surface area (Å²) in [6, 6.07) is 0. The van der Waals surface area contributed by atoms with Crippen LogP contribution in [0.1, 0.15) is 25.2 Å². The Balaban J connectivity index is 2.59. The summed E-state index contributed by atoms with van der Waals surface area (Å²) >= 11 is 6.17. The molecule has 92 valence electrons. The Kier molecular flexibility index (Phi) is 5.25. The molecule has 0 radical (unpaired) electrons. The highest BCUT2D eigenvalue weighted by atomic mass is 35.5. The van der Waals surface area contributed by atoms with Crippen LogP contribution in [0.15, 0.2) is 0 Å². The van der Waals surface area contributed by atoms with Crippen LogP contribution in [-0.2, 0) is 13.1 Å². The smallest absolute Gasteiger partial charge is 0.0860 e. The van der Waals surface area contributed by atoms with Gasteiger partial charge in [0.15, 0.2) is 0 Å². The highest BCUT2D eigenvalue weighted by Crippen LogP contribution is 2.19. The third kappa shape index (κ3) is 3.20. The van der Waals surface area contributed by atoms with Gasteiger partial charge in [-0.1, -0.05) is 18.5 Å². The Labute approximate surface area is 102 Å². The van der Waals surface area contributed by atoms with E-state index >= 15 is 0 Å². The first kappa shape index (κ1) is 13.5. The van der Waals surface area contributed by atoms with Crippen LogP contribution in [0.25, 0.3) is 0 Å². The normalized spacial score (nSPS) is 13.1. The number of rotatable bonds is 6. The van der Waals surface area contributed by atoms with Crippen LogP contribution in [0, 0.1) is 12.8 Å². The van der Waals surface area contributed by atoms with Crippen LogP contribution in [0.5, 0.6) is 0 Å². The highest BCUT2D eigenvalue weighted by Gasteiger charge is 2.12. The first-order valence-corrected chi connectivity index (χ1v) is 6.01. The lowest BCUT2D eigenvalue weighted by atomic mass is 10.2. The third-order valence-corrected chi connectivity index (χ3v) is 3.04. The summed E-state index contributed by atoms with van der Waals surface area (Å²) in [7, 11) is 0. The molecule has 1 aromatic rings. The van der Waals surface area contributed by atoms with Crippen LogP contribution >= 0.6 is 11.6 Å². The van der Waals surface area contributed by atoms with E-state index in [1.165, 1.54) is 0 Å². The summed E-state index contributed by atoms with van der Waals surface area (Å²) in [5.41, 5.74) is 1.89. The van der Waals surface area contributed by atoms with E-state index in [0.717, 1.165) is 29.5 Å². The second kappa shape index (κ2) is 6.23. The number of aromatic nitrogens is 2. The lowest BCUT2D eigenvalue weighted by Crippen LogP contribution is -2.24. The minimum atomic E-state index is 0.201. The van der Waals surface area contributed by atoms with Crippen molar-refractivity contribution in [1.29, 1.82) is 0 Å². The molecule has 0 fully saturated rings. The minimum Gasteiger partial charge on any atom is -0.396 e. The Morgan fingerprint density at radius 3 is 2.81 bits per heavy atom. The molecule has 16 heavy (non-hydrogen) atoms. The number of aryl methyl sites for hydroxylation is 2. The average molecular weight is 246 g/mol. The molecule has 0 aliphatic heterocycles. The molecule has 2 N–H and O–H groups in total. The molecule has 4 nitrogen and oxygen atoms in total. The monoisotopic (exact) mass is 245 g/mol. The van der Waals surface area contributed by atoms with Crippen LogP contribution in [0.2, 0.25) is 5.02 Å². The number of aliphatic hydroxyl groups excluding tert-OH is 1. The van der Waals surface area contributed by atoms with Gasteiger partial charge in [0.25, 0.3) is 0 Å². The maximum absolute atomic E-state index is 8.91. The summed E-state index contributed by atoms with van der Waals surface area (Å²) in [6.07, 6.45) is 0. The van der Waals surface area contributed by atoms with Gasteiger partial charge in [0.2, 0.25) is 0 Å². The lowest BCUT2D eigenvalue weighted by Gasteiger charge is -2.10. The molecule has 1 atom stereocenters. The van der Waals surface area contributed by atoms with Crippen molar-refractivity contribution in [3.05, 3.63) is 16.4 Å². The molecular weight excluding hydrogens is 226 g/mol. The average Bonchev–Trinajstić information content (AvgIpc) is 2.56. The Morgan fingerprint density at radius 2 is 2.25 bits per heavy atom. The van der Waals surface area contributed by atoms with Crippen molar-refractivity contribution in [2.45, 2.75) is 33.9 Å². The number of halogens is 1. The topological polar surface area (TPSA) is 50.1 Å². The van der Waals surface area contributed by atoms with Crippen molar-refractivity contribution in [2.24, 2.45) is 5.92 Å². The zero-order valence-corrected chi connectivity index (χ0v) is 10.9. The van der Waals surface area contributed by atoms with Crippen LogP contribution in [-0.4, -0.2) is 28.0 Å². The second-order valence-electron chi connectivity index (χ2n) is 4.08. The van der Waals surface area contributed by atoms with Crippen molar-refractivity contribution in [3.8, 4) is 0 Å². The summed E-state index contributed by atoms with van der Waals surface area (Å²) < 4.78 is 1.91. The summed E-state index contributed by atoms with van der Waals surface area (Å²) in [5, 5.41) is 17.3. The first-order chi connectivity index (χ1) is 7.60. The van der Waals surface area contributed by atoms with Gasteiger partial charge in [-0.15, -0.1) is 0 Å². The van der Waals surface area contributed by atoms with Gasteiger partial charge in [-0.2, -0.15) is 5.10 Å². The molecule has 1 heterocycles. The molecule has 1 rings (SSSR count). The lowest BCUT2D eigenvalue weighted by molar-refractivity contribution is 0.233. The van der Waals surface area contributed by atoms with Crippen LogP contribution in [0.4, 0.5) is 0 Å². The predicted octanol–water partition coefficient (Wildman–Crippen LogP) is 1.58. The number of aliphatic hydroxyl groups is 1. The van der Waals surface area contributed by atoms with E-state index in [1.807, 2.05) is 25.5 Å². The molecule has 0 aromatic carbocycles. The van der Waals surface area contributed by atoms with E-state index in [2.05, 4.69) is 10.4 Å². The zero-order valence-electron chi connectivity index (χ0n) is 10.1. The van der Waals surface area contributed by atoms with Crippen molar-refractivity contribution >= 4 is 11.6 Å². The van der Waals surface area contributed by atoms with Crippen molar-refractivity contribution in [2.75, 3.05) is 13.2 Å². The molecular formula is C11H20ClN3O. The Morgan fingerprint density at radius 1 is 1.56 bits per heavy atom. The van der Waals surface area contributed by atoms with Crippen molar-refractivity contribution in [1.82, 2.24) is 15.1 Å². The minimum absolute atomic E-state index is 0.201. The number of nitrogens with one attached hydrogen (secondary N) is 1. The molecule has 0 spiro atoms. The number of nitrogens with zero attached hydrogens (tertiary/aromatic N) is 2. The summed E-state index contributed by atoms with van der Waals surface area (Å²) in [6.45, 7) is 8.44. The van der Waals surface area contributed by atoms with Crippen LogP contribution < -0.4 is 5.32 Å². The zero-order chi connectivity index (χ0) is 12.1. The largest absolute Gasteiger partial charge is 0.396 e. The maximum Gasteiger partial charge on any atom is 0.0860 e. The van der Waals surface area contributed by atoms with Gasteiger partial charge in [-0.25, -0.2) is 0 Å². The van der Waals surface area contributed by atoms with Gasteiger partial charge >= 0.3 is 0 Å². The molecule has 0 bridgehead atoms. The SMILES string of the molecule is CCn1nc(C)c(Cl)c1CNCC(C)CO. The van der Waals surface area contributed by atoms with E-state index in [-0.39, 0.29) is 12.5 Å². The predicted molar refractivity (Wildman–Crippen MR) is 65.6 cm³/mol. The number of hydrogen-bond acceptors (Lipinski definition) is 3. The van der Waals surface area contributed by atoms with Gasteiger partial charge in [-0.3, -0.25) is 4.68 Å². The molecule has 0 saturated carbocycles. The van der Waals surface area contributed by atoms with Gasteiger partial charge in [0.1, 0.15) is 0 Å². The Bertz CT molecular complexity index is 338. The first-order valence-electron chi connectivity index (χ1n) is 5.63. The van der Waals surface area contributed by atoms with Crippen molar-refractivity contribution < 1.29 is 5.11 Å². The van der Waals surface area contributed by atoms with E-state index in [0.29, 0.717) is 6.54 Å². The molecule has 5 heteroatoms. The highest BCUT2D eigenvalue weighted by molar-refractivity contribution is 6.31.